The van der Waals surface area contributed by atoms with Gasteiger partial charge in [-0.2, -0.15) is 0 Å². The molecule has 0 amide bonds. The lowest BCUT2D eigenvalue weighted by Gasteiger charge is -2.02. The number of hydrogen-bond donors (Lipinski definition) is 1. The van der Waals surface area contributed by atoms with Gasteiger partial charge in [0.05, 0.1) is 0 Å². The fraction of sp³-hybridized carbons (Fsp3) is 0.385. The Labute approximate surface area is 97.0 Å². The van der Waals surface area contributed by atoms with Crippen LogP contribution in [0.4, 0.5) is 0 Å². The maximum Gasteiger partial charge on any atom is 0.0106 e. The number of allylic oxidation sites excluding steroid dienone is 1. The van der Waals surface area contributed by atoms with Crippen LogP contribution >= 0.6 is 11.8 Å². The number of hydrogen-bond acceptors (Lipinski definition) is 2. The molecule has 1 N–H and O–H groups in total. The molecule has 0 heterocycles. The number of benzene rings is 1. The van der Waals surface area contributed by atoms with E-state index >= 15 is 0 Å². The topological polar surface area (TPSA) is 12.0 Å². The molecule has 0 spiro atoms. The summed E-state index contributed by atoms with van der Waals surface area (Å²) in [4.78, 5) is 1.35. The summed E-state index contributed by atoms with van der Waals surface area (Å²) in [5, 5.41) is 3.42. The maximum atomic E-state index is 3.42. The van der Waals surface area contributed by atoms with Gasteiger partial charge >= 0.3 is 0 Å². The van der Waals surface area contributed by atoms with Gasteiger partial charge in [-0.1, -0.05) is 30.4 Å². The van der Waals surface area contributed by atoms with Crippen molar-refractivity contribution >= 4 is 11.8 Å². The van der Waals surface area contributed by atoms with E-state index in [9.17, 15) is 0 Å². The third-order valence-corrected chi connectivity index (χ3v) is 3.03. The molecule has 1 rings (SSSR count). The Hall–Kier alpha value is -0.730. The van der Waals surface area contributed by atoms with Gasteiger partial charge in [0, 0.05) is 17.2 Å². The molecule has 0 aliphatic carbocycles. The van der Waals surface area contributed by atoms with Crippen LogP contribution in [-0.4, -0.2) is 18.8 Å². The van der Waals surface area contributed by atoms with E-state index in [1.165, 1.54) is 4.90 Å². The van der Waals surface area contributed by atoms with Crippen LogP contribution in [0.1, 0.15) is 13.3 Å². The Morgan fingerprint density at radius 2 is 2.00 bits per heavy atom. The van der Waals surface area contributed by atoms with E-state index in [4.69, 9.17) is 0 Å². The van der Waals surface area contributed by atoms with Crippen molar-refractivity contribution < 1.29 is 0 Å². The van der Waals surface area contributed by atoms with E-state index in [1.807, 2.05) is 11.8 Å². The highest BCUT2D eigenvalue weighted by molar-refractivity contribution is 7.99. The predicted molar refractivity (Wildman–Crippen MR) is 69.5 cm³/mol. The molecule has 0 radical (unpaired) electrons. The summed E-state index contributed by atoms with van der Waals surface area (Å²) < 4.78 is 0. The van der Waals surface area contributed by atoms with Crippen LogP contribution in [0.3, 0.4) is 0 Å². The Balaban J connectivity index is 1.98. The van der Waals surface area contributed by atoms with Crippen molar-refractivity contribution in [3.05, 3.63) is 42.5 Å². The molecule has 0 saturated heterocycles. The molecular weight excluding hydrogens is 202 g/mol. The summed E-state index contributed by atoms with van der Waals surface area (Å²) in [6.07, 6.45) is 5.42. The first-order chi connectivity index (χ1) is 7.43. The minimum atomic E-state index is 1.08. The van der Waals surface area contributed by atoms with Crippen LogP contribution in [0.5, 0.6) is 0 Å². The monoisotopic (exact) mass is 221 g/mol. The first-order valence-electron chi connectivity index (χ1n) is 5.43. The van der Waals surface area contributed by atoms with Crippen molar-refractivity contribution in [2.24, 2.45) is 0 Å². The minimum absolute atomic E-state index is 1.08. The summed E-state index contributed by atoms with van der Waals surface area (Å²) in [6, 6.07) is 10.5. The van der Waals surface area contributed by atoms with Crippen LogP contribution < -0.4 is 5.32 Å². The van der Waals surface area contributed by atoms with Crippen molar-refractivity contribution in [2.75, 3.05) is 18.8 Å². The van der Waals surface area contributed by atoms with Gasteiger partial charge in [0.25, 0.3) is 0 Å². The molecule has 0 aliphatic heterocycles. The highest BCUT2D eigenvalue weighted by Crippen LogP contribution is 2.15. The zero-order valence-corrected chi connectivity index (χ0v) is 10.1. The molecule has 0 saturated carbocycles. The lowest BCUT2D eigenvalue weighted by molar-refractivity contribution is 0.731. The quantitative estimate of drug-likeness (QED) is 0.430. The summed E-state index contributed by atoms with van der Waals surface area (Å²) in [5.41, 5.74) is 0. The van der Waals surface area contributed by atoms with Crippen LogP contribution in [0.2, 0.25) is 0 Å². The fourth-order valence-corrected chi connectivity index (χ4v) is 2.07. The molecule has 0 unspecified atom stereocenters. The van der Waals surface area contributed by atoms with Crippen LogP contribution in [0.25, 0.3) is 0 Å². The van der Waals surface area contributed by atoms with Gasteiger partial charge in [-0.05, 0) is 32.0 Å². The van der Waals surface area contributed by atoms with Crippen molar-refractivity contribution in [3.8, 4) is 0 Å². The first-order valence-corrected chi connectivity index (χ1v) is 6.42. The highest BCUT2D eigenvalue weighted by atomic mass is 32.2. The van der Waals surface area contributed by atoms with Gasteiger partial charge in [0.15, 0.2) is 0 Å². The van der Waals surface area contributed by atoms with E-state index < -0.39 is 0 Å². The Morgan fingerprint density at radius 1 is 1.20 bits per heavy atom. The average molecular weight is 221 g/mol. The standard InChI is InChI=1S/C13H19NS/c1-2-3-7-10-14-11-12-15-13-8-5-4-6-9-13/h2-6,8-9,14H,7,10-12H2,1H3/b3-2+. The lowest BCUT2D eigenvalue weighted by Crippen LogP contribution is -2.17. The number of nitrogens with one attached hydrogen (secondary N) is 1. The van der Waals surface area contributed by atoms with Gasteiger partial charge in [0.2, 0.25) is 0 Å². The molecule has 15 heavy (non-hydrogen) atoms. The van der Waals surface area contributed by atoms with Gasteiger partial charge in [-0.25, -0.2) is 0 Å². The number of rotatable bonds is 7. The van der Waals surface area contributed by atoms with Crippen molar-refractivity contribution in [1.82, 2.24) is 5.32 Å². The van der Waals surface area contributed by atoms with Gasteiger partial charge in [-0.15, -0.1) is 11.8 Å². The molecule has 0 aromatic heterocycles. The predicted octanol–water partition coefficient (Wildman–Crippen LogP) is 3.33. The van der Waals surface area contributed by atoms with Gasteiger partial charge in [-0.3, -0.25) is 0 Å². The van der Waals surface area contributed by atoms with Crippen LogP contribution in [-0.2, 0) is 0 Å². The summed E-state index contributed by atoms with van der Waals surface area (Å²) in [5.74, 6) is 1.14. The van der Waals surface area contributed by atoms with Gasteiger partial charge in [0.1, 0.15) is 0 Å². The van der Waals surface area contributed by atoms with E-state index in [0.717, 1.165) is 25.3 Å². The minimum Gasteiger partial charge on any atom is -0.316 e. The van der Waals surface area contributed by atoms with Crippen molar-refractivity contribution in [1.29, 1.82) is 0 Å². The second kappa shape index (κ2) is 8.57. The highest BCUT2D eigenvalue weighted by Gasteiger charge is 1.91. The zero-order chi connectivity index (χ0) is 10.8. The molecule has 2 heteroatoms. The van der Waals surface area contributed by atoms with E-state index in [-0.39, 0.29) is 0 Å². The molecule has 0 bridgehead atoms. The SMILES string of the molecule is C/C=C/CCNCCSc1ccccc1. The summed E-state index contributed by atoms with van der Waals surface area (Å²) in [7, 11) is 0. The molecule has 1 aromatic rings. The Morgan fingerprint density at radius 3 is 2.73 bits per heavy atom. The molecule has 0 fully saturated rings. The molecule has 0 aliphatic rings. The van der Waals surface area contributed by atoms with Crippen LogP contribution in [0.15, 0.2) is 47.4 Å². The molecular formula is C13H19NS. The van der Waals surface area contributed by atoms with E-state index in [2.05, 4.69) is 54.7 Å². The molecule has 82 valence electrons. The molecule has 1 aromatic carbocycles. The van der Waals surface area contributed by atoms with Crippen molar-refractivity contribution in [3.63, 3.8) is 0 Å². The second-order valence-corrected chi connectivity index (χ2v) is 4.44. The summed E-state index contributed by atoms with van der Waals surface area (Å²) in [6.45, 7) is 4.22. The van der Waals surface area contributed by atoms with E-state index in [0.29, 0.717) is 0 Å². The Kier molecular flexibility index (Phi) is 7.05. The zero-order valence-electron chi connectivity index (χ0n) is 9.28. The molecule has 1 nitrogen and oxygen atoms in total. The smallest absolute Gasteiger partial charge is 0.0106 e. The largest absolute Gasteiger partial charge is 0.316 e. The normalized spacial score (nSPS) is 11.0. The summed E-state index contributed by atoms with van der Waals surface area (Å²) >= 11 is 1.90. The third-order valence-electron chi connectivity index (χ3n) is 2.01. The second-order valence-electron chi connectivity index (χ2n) is 3.27. The van der Waals surface area contributed by atoms with Crippen LogP contribution in [0, 0.1) is 0 Å². The lowest BCUT2D eigenvalue weighted by atomic mass is 10.4. The van der Waals surface area contributed by atoms with Gasteiger partial charge < -0.3 is 5.32 Å². The van der Waals surface area contributed by atoms with Crippen molar-refractivity contribution in [2.45, 2.75) is 18.2 Å². The first kappa shape index (κ1) is 12.3. The Bertz CT molecular complexity index is 269. The third kappa shape index (κ3) is 6.37. The molecule has 0 atom stereocenters. The number of thioether (sulfide) groups is 1. The maximum absolute atomic E-state index is 3.42. The average Bonchev–Trinajstić information content (AvgIpc) is 2.29. The fourth-order valence-electron chi connectivity index (χ4n) is 1.23. The van der Waals surface area contributed by atoms with E-state index in [1.54, 1.807) is 0 Å².